The number of anilines is 1. The molecule has 7 heteroatoms. The molecule has 3 rings (SSSR count). The van der Waals surface area contributed by atoms with Crippen LogP contribution in [0.2, 0.25) is 0 Å². The predicted molar refractivity (Wildman–Crippen MR) is 136 cm³/mol. The zero-order valence-electron chi connectivity index (χ0n) is 18.4. The Balaban J connectivity index is 1.42. The molecule has 1 N–H and O–H groups in total. The first-order chi connectivity index (χ1) is 15.5. The highest BCUT2D eigenvalue weighted by Crippen LogP contribution is 2.33. The lowest BCUT2D eigenvalue weighted by molar-refractivity contribution is -0.122. The molecule has 1 aliphatic heterocycles. The van der Waals surface area contributed by atoms with Crippen LogP contribution in [0.25, 0.3) is 6.08 Å². The summed E-state index contributed by atoms with van der Waals surface area (Å²) >= 11 is 6.76. The third kappa shape index (κ3) is 6.68. The van der Waals surface area contributed by atoms with Gasteiger partial charge in [-0.3, -0.25) is 14.5 Å². The largest absolute Gasteiger partial charge is 0.492 e. The van der Waals surface area contributed by atoms with Crippen molar-refractivity contribution in [1.82, 2.24) is 4.90 Å². The molecular formula is C25H28N2O3S2. The van der Waals surface area contributed by atoms with E-state index in [2.05, 4.69) is 5.32 Å². The number of hydrogen-bond donors (Lipinski definition) is 1. The van der Waals surface area contributed by atoms with Crippen LogP contribution >= 0.6 is 24.0 Å². The number of rotatable bonds is 10. The number of aryl methyl sites for hydroxylation is 1. The van der Waals surface area contributed by atoms with E-state index in [1.54, 1.807) is 4.90 Å². The van der Waals surface area contributed by atoms with Crippen LogP contribution in [0.15, 0.2) is 53.4 Å². The fraction of sp³-hybridized carbons (Fsp3) is 0.320. The molecule has 1 aliphatic rings. The lowest BCUT2D eigenvalue weighted by Gasteiger charge is -2.14. The van der Waals surface area contributed by atoms with Crippen molar-refractivity contribution in [1.29, 1.82) is 0 Å². The number of hydrogen-bond acceptors (Lipinski definition) is 5. The highest BCUT2D eigenvalue weighted by atomic mass is 32.2. The van der Waals surface area contributed by atoms with Crippen LogP contribution in [0.4, 0.5) is 5.69 Å². The van der Waals surface area contributed by atoms with Crippen molar-refractivity contribution in [3.8, 4) is 5.75 Å². The number of para-hydroxylation sites is 2. The summed E-state index contributed by atoms with van der Waals surface area (Å²) < 4.78 is 6.13. The summed E-state index contributed by atoms with van der Waals surface area (Å²) in [5.74, 6) is 0.603. The fourth-order valence-corrected chi connectivity index (χ4v) is 4.61. The zero-order chi connectivity index (χ0) is 22.9. The topological polar surface area (TPSA) is 58.6 Å². The number of thiocarbonyl (C=S) groups is 1. The third-order valence-corrected chi connectivity index (χ3v) is 6.37. The summed E-state index contributed by atoms with van der Waals surface area (Å²) in [6.45, 7) is 5.07. The van der Waals surface area contributed by atoms with Gasteiger partial charge in [0.25, 0.3) is 5.91 Å². The second-order valence-electron chi connectivity index (χ2n) is 7.53. The molecule has 1 saturated heterocycles. The first kappa shape index (κ1) is 24.0. The average Bonchev–Trinajstić information content (AvgIpc) is 3.04. The minimum Gasteiger partial charge on any atom is -0.492 e. The summed E-state index contributed by atoms with van der Waals surface area (Å²) in [4.78, 5) is 27.3. The molecule has 168 valence electrons. The number of carbonyl (C=O) groups is 2. The summed E-state index contributed by atoms with van der Waals surface area (Å²) in [7, 11) is 0. The quantitative estimate of drug-likeness (QED) is 0.272. The second-order valence-corrected chi connectivity index (χ2v) is 9.21. The summed E-state index contributed by atoms with van der Waals surface area (Å²) in [5, 5.41) is 2.91. The van der Waals surface area contributed by atoms with Crippen molar-refractivity contribution >= 4 is 51.9 Å². The molecule has 0 radical (unpaired) electrons. The van der Waals surface area contributed by atoms with Crippen LogP contribution in [-0.4, -0.2) is 34.2 Å². The summed E-state index contributed by atoms with van der Waals surface area (Å²) in [6, 6.07) is 15.5. The van der Waals surface area contributed by atoms with Gasteiger partial charge in [-0.1, -0.05) is 72.4 Å². The molecule has 5 nitrogen and oxygen atoms in total. The molecule has 0 aromatic heterocycles. The minimum absolute atomic E-state index is 0.0363. The van der Waals surface area contributed by atoms with Crippen LogP contribution < -0.4 is 10.1 Å². The fourth-order valence-electron chi connectivity index (χ4n) is 3.30. The molecule has 0 atom stereocenters. The molecule has 1 heterocycles. The second kappa shape index (κ2) is 11.8. The molecule has 0 bridgehead atoms. The Morgan fingerprint density at radius 1 is 1.12 bits per heavy atom. The summed E-state index contributed by atoms with van der Waals surface area (Å²) in [5.41, 5.74) is 2.87. The van der Waals surface area contributed by atoms with E-state index in [9.17, 15) is 9.59 Å². The molecule has 2 amide bonds. The minimum atomic E-state index is -0.0382. The SMILES string of the molecule is CCOc1ccccc1NC(=O)CCCCCN1C(=O)C(=Cc2ccc(C)cc2)SC1=S. The van der Waals surface area contributed by atoms with Crippen molar-refractivity contribution in [3.05, 3.63) is 64.6 Å². The smallest absolute Gasteiger partial charge is 0.266 e. The zero-order valence-corrected chi connectivity index (χ0v) is 20.1. The van der Waals surface area contributed by atoms with E-state index in [1.807, 2.05) is 68.5 Å². The number of nitrogens with zero attached hydrogens (tertiary/aromatic N) is 1. The number of nitrogens with one attached hydrogen (secondary N) is 1. The average molecular weight is 469 g/mol. The molecule has 32 heavy (non-hydrogen) atoms. The van der Waals surface area contributed by atoms with Gasteiger partial charge in [0.05, 0.1) is 17.2 Å². The Kier molecular flexibility index (Phi) is 8.88. The van der Waals surface area contributed by atoms with Gasteiger partial charge in [0.2, 0.25) is 5.91 Å². The van der Waals surface area contributed by atoms with Gasteiger partial charge in [0.1, 0.15) is 10.1 Å². The van der Waals surface area contributed by atoms with Crippen molar-refractivity contribution in [2.75, 3.05) is 18.5 Å². The van der Waals surface area contributed by atoms with E-state index < -0.39 is 0 Å². The first-order valence-corrected chi connectivity index (χ1v) is 12.0. The molecule has 0 aliphatic carbocycles. The van der Waals surface area contributed by atoms with Gasteiger partial charge in [-0.2, -0.15) is 0 Å². The Morgan fingerprint density at radius 2 is 1.88 bits per heavy atom. The Bertz CT molecular complexity index is 1000. The van der Waals surface area contributed by atoms with Crippen LogP contribution in [-0.2, 0) is 9.59 Å². The standard InChI is InChI=1S/C25H28N2O3S2/c1-3-30-21-10-7-6-9-20(21)26-23(28)11-5-4-8-16-27-24(29)22(32-25(27)31)17-19-14-12-18(2)13-15-19/h6-7,9-10,12-15,17H,3-5,8,11,16H2,1-2H3,(H,26,28). The number of carbonyl (C=O) groups excluding carboxylic acids is 2. The molecule has 0 saturated carbocycles. The van der Waals surface area contributed by atoms with Gasteiger partial charge >= 0.3 is 0 Å². The van der Waals surface area contributed by atoms with Gasteiger partial charge in [-0.25, -0.2) is 0 Å². The maximum absolute atomic E-state index is 12.7. The molecule has 2 aromatic carbocycles. The van der Waals surface area contributed by atoms with Crippen LogP contribution in [0.5, 0.6) is 5.75 Å². The molecule has 2 aromatic rings. The van der Waals surface area contributed by atoms with Gasteiger partial charge in [0, 0.05) is 13.0 Å². The maximum atomic E-state index is 12.7. The third-order valence-electron chi connectivity index (χ3n) is 5.00. The van der Waals surface area contributed by atoms with Crippen LogP contribution in [0.1, 0.15) is 43.7 Å². The van der Waals surface area contributed by atoms with Gasteiger partial charge in [-0.15, -0.1) is 0 Å². The van der Waals surface area contributed by atoms with E-state index in [4.69, 9.17) is 17.0 Å². The van der Waals surface area contributed by atoms with Crippen LogP contribution in [0, 0.1) is 6.92 Å². The lowest BCUT2D eigenvalue weighted by atomic mass is 10.1. The van der Waals surface area contributed by atoms with E-state index in [-0.39, 0.29) is 11.8 Å². The lowest BCUT2D eigenvalue weighted by Crippen LogP contribution is -2.29. The Morgan fingerprint density at radius 3 is 2.62 bits per heavy atom. The number of unbranched alkanes of at least 4 members (excludes halogenated alkanes) is 2. The molecule has 1 fully saturated rings. The van der Waals surface area contributed by atoms with E-state index in [1.165, 1.54) is 17.3 Å². The Labute approximate surface area is 199 Å². The van der Waals surface area contributed by atoms with E-state index >= 15 is 0 Å². The summed E-state index contributed by atoms with van der Waals surface area (Å²) in [6.07, 6.45) is 4.70. The van der Waals surface area contributed by atoms with Crippen molar-refractivity contribution in [2.24, 2.45) is 0 Å². The first-order valence-electron chi connectivity index (χ1n) is 10.8. The van der Waals surface area contributed by atoms with Crippen molar-refractivity contribution < 1.29 is 14.3 Å². The normalized spacial score (nSPS) is 14.8. The molecule has 0 spiro atoms. The van der Waals surface area contributed by atoms with Gasteiger partial charge in [0.15, 0.2) is 0 Å². The van der Waals surface area contributed by atoms with E-state index in [0.29, 0.717) is 40.2 Å². The van der Waals surface area contributed by atoms with Crippen molar-refractivity contribution in [3.63, 3.8) is 0 Å². The monoisotopic (exact) mass is 468 g/mol. The van der Waals surface area contributed by atoms with Crippen LogP contribution in [0.3, 0.4) is 0 Å². The van der Waals surface area contributed by atoms with E-state index in [0.717, 1.165) is 24.8 Å². The predicted octanol–water partition coefficient (Wildman–Crippen LogP) is 5.79. The maximum Gasteiger partial charge on any atom is 0.266 e. The van der Waals surface area contributed by atoms with Crippen molar-refractivity contribution in [2.45, 2.75) is 39.5 Å². The number of amides is 2. The van der Waals surface area contributed by atoms with Gasteiger partial charge < -0.3 is 10.1 Å². The number of thioether (sulfide) groups is 1. The highest BCUT2D eigenvalue weighted by Gasteiger charge is 2.31. The Hall–Kier alpha value is -2.64. The highest BCUT2D eigenvalue weighted by molar-refractivity contribution is 8.26. The molecular weight excluding hydrogens is 440 g/mol. The molecule has 0 unspecified atom stereocenters. The van der Waals surface area contributed by atoms with Gasteiger partial charge in [-0.05, 0) is 50.5 Å². The number of benzene rings is 2. The number of ether oxygens (including phenoxy) is 1.